The third-order valence-electron chi connectivity index (χ3n) is 3.96. The molecule has 0 spiro atoms. The van der Waals surface area contributed by atoms with E-state index in [4.69, 9.17) is 9.68 Å². The fourth-order valence-electron chi connectivity index (χ4n) is 2.48. The van der Waals surface area contributed by atoms with Crippen LogP contribution in [-0.4, -0.2) is 31.5 Å². The van der Waals surface area contributed by atoms with Crippen molar-refractivity contribution in [1.29, 1.82) is 0 Å². The Balaban J connectivity index is 2.26. The molecule has 6 nitrogen and oxygen atoms in total. The molecule has 0 aromatic heterocycles. The summed E-state index contributed by atoms with van der Waals surface area (Å²) in [6.45, 7) is 4.03. The minimum Gasteiger partial charge on any atom is -0.398 e. The Morgan fingerprint density at radius 1 is 1.15 bits per heavy atom. The largest absolute Gasteiger partial charge is 0.398 e. The second-order valence-electron chi connectivity index (χ2n) is 5.76. The SMILES string of the molecule is CNC(=O)/C(=N/OC)c1cccc(C)c1CO/N=C(\C)c1ccc(Br)cc1. The summed E-state index contributed by atoms with van der Waals surface area (Å²) in [5, 5.41) is 10.6. The molecule has 0 aliphatic rings. The molecule has 0 atom stereocenters. The fourth-order valence-corrected chi connectivity index (χ4v) is 2.74. The van der Waals surface area contributed by atoms with E-state index in [1.807, 2.05) is 56.3 Å². The van der Waals surface area contributed by atoms with E-state index in [1.165, 1.54) is 7.11 Å². The van der Waals surface area contributed by atoms with Gasteiger partial charge in [0.15, 0.2) is 5.71 Å². The first-order valence-corrected chi connectivity index (χ1v) is 9.11. The van der Waals surface area contributed by atoms with Crippen molar-refractivity contribution in [3.63, 3.8) is 0 Å². The van der Waals surface area contributed by atoms with Crippen LogP contribution in [-0.2, 0) is 21.1 Å². The van der Waals surface area contributed by atoms with Crippen molar-refractivity contribution in [3.8, 4) is 0 Å². The van der Waals surface area contributed by atoms with Crippen molar-refractivity contribution in [2.45, 2.75) is 20.5 Å². The average molecular weight is 432 g/mol. The van der Waals surface area contributed by atoms with Crippen LogP contribution in [0.1, 0.15) is 29.2 Å². The summed E-state index contributed by atoms with van der Waals surface area (Å²) >= 11 is 3.41. The summed E-state index contributed by atoms with van der Waals surface area (Å²) in [6.07, 6.45) is 0. The first-order chi connectivity index (χ1) is 13.0. The molecule has 2 aromatic rings. The maximum absolute atomic E-state index is 12.2. The van der Waals surface area contributed by atoms with Gasteiger partial charge in [0.05, 0.1) is 5.71 Å². The normalized spacial score (nSPS) is 11.9. The molecular formula is C20H22BrN3O3. The van der Waals surface area contributed by atoms with Gasteiger partial charge in [0, 0.05) is 22.6 Å². The van der Waals surface area contributed by atoms with Crippen LogP contribution in [0.2, 0.25) is 0 Å². The lowest BCUT2D eigenvalue weighted by Crippen LogP contribution is -2.29. The summed E-state index contributed by atoms with van der Waals surface area (Å²) in [5.41, 5.74) is 4.36. The lowest BCUT2D eigenvalue weighted by atomic mass is 9.98. The number of nitrogens with zero attached hydrogens (tertiary/aromatic N) is 2. The highest BCUT2D eigenvalue weighted by atomic mass is 79.9. The quantitative estimate of drug-likeness (QED) is 0.535. The van der Waals surface area contributed by atoms with E-state index in [-0.39, 0.29) is 18.2 Å². The number of carbonyl (C=O) groups is 1. The number of hydrogen-bond acceptors (Lipinski definition) is 5. The Morgan fingerprint density at radius 2 is 1.85 bits per heavy atom. The zero-order valence-electron chi connectivity index (χ0n) is 15.7. The summed E-state index contributed by atoms with van der Waals surface area (Å²) in [6, 6.07) is 13.4. The smallest absolute Gasteiger partial charge is 0.273 e. The first kappa shape index (κ1) is 20.6. The number of hydrogen-bond donors (Lipinski definition) is 1. The zero-order valence-corrected chi connectivity index (χ0v) is 17.3. The molecule has 2 aromatic carbocycles. The number of halogens is 1. The van der Waals surface area contributed by atoms with Crippen molar-refractivity contribution in [2.75, 3.05) is 14.2 Å². The molecule has 0 saturated heterocycles. The van der Waals surface area contributed by atoms with Crippen LogP contribution in [0.15, 0.2) is 57.2 Å². The molecule has 0 radical (unpaired) electrons. The predicted octanol–water partition coefficient (Wildman–Crippen LogP) is 3.79. The number of likely N-dealkylation sites (N-methyl/N-ethyl adjacent to an activating group) is 1. The van der Waals surface area contributed by atoms with Gasteiger partial charge in [0.25, 0.3) is 5.91 Å². The van der Waals surface area contributed by atoms with E-state index >= 15 is 0 Å². The summed E-state index contributed by atoms with van der Waals surface area (Å²) < 4.78 is 1.00. The van der Waals surface area contributed by atoms with Crippen LogP contribution in [0.3, 0.4) is 0 Å². The molecule has 1 amide bonds. The molecule has 0 heterocycles. The number of aryl methyl sites for hydroxylation is 1. The lowest BCUT2D eigenvalue weighted by molar-refractivity contribution is -0.114. The van der Waals surface area contributed by atoms with Crippen LogP contribution >= 0.6 is 15.9 Å². The summed E-state index contributed by atoms with van der Waals surface area (Å²) in [4.78, 5) is 22.6. The Kier molecular flexibility index (Phi) is 7.55. The number of benzene rings is 2. The number of carbonyl (C=O) groups excluding carboxylic acids is 1. The second-order valence-corrected chi connectivity index (χ2v) is 6.68. The van der Waals surface area contributed by atoms with Gasteiger partial charge in [-0.3, -0.25) is 4.79 Å². The third-order valence-corrected chi connectivity index (χ3v) is 4.49. The maximum atomic E-state index is 12.2. The van der Waals surface area contributed by atoms with E-state index in [0.29, 0.717) is 5.56 Å². The van der Waals surface area contributed by atoms with Gasteiger partial charge < -0.3 is 15.0 Å². The Morgan fingerprint density at radius 3 is 2.48 bits per heavy atom. The highest BCUT2D eigenvalue weighted by Crippen LogP contribution is 2.18. The number of amides is 1. The Labute approximate surface area is 167 Å². The molecule has 0 saturated carbocycles. The van der Waals surface area contributed by atoms with E-state index < -0.39 is 0 Å². The molecule has 27 heavy (non-hydrogen) atoms. The van der Waals surface area contributed by atoms with E-state index in [2.05, 4.69) is 31.6 Å². The number of nitrogens with one attached hydrogen (secondary N) is 1. The molecule has 7 heteroatoms. The van der Waals surface area contributed by atoms with Crippen LogP contribution in [0.25, 0.3) is 0 Å². The fraction of sp³-hybridized carbons (Fsp3) is 0.250. The monoisotopic (exact) mass is 431 g/mol. The molecule has 2 rings (SSSR count). The minimum atomic E-state index is -0.335. The molecule has 0 bridgehead atoms. The van der Waals surface area contributed by atoms with E-state index in [9.17, 15) is 4.79 Å². The Hall–Kier alpha value is -2.67. The van der Waals surface area contributed by atoms with Crippen molar-refractivity contribution in [2.24, 2.45) is 10.3 Å². The topological polar surface area (TPSA) is 72.3 Å². The number of rotatable bonds is 7. The summed E-state index contributed by atoms with van der Waals surface area (Å²) in [7, 11) is 2.95. The molecule has 0 aliphatic heterocycles. The van der Waals surface area contributed by atoms with Crippen molar-refractivity contribution >= 4 is 33.3 Å². The van der Waals surface area contributed by atoms with Gasteiger partial charge in [-0.1, -0.05) is 56.6 Å². The molecular weight excluding hydrogens is 410 g/mol. The highest BCUT2D eigenvalue weighted by Gasteiger charge is 2.19. The highest BCUT2D eigenvalue weighted by molar-refractivity contribution is 9.10. The Bertz CT molecular complexity index is 861. The van der Waals surface area contributed by atoms with Crippen LogP contribution in [0.5, 0.6) is 0 Å². The maximum Gasteiger partial charge on any atom is 0.273 e. The molecule has 0 aliphatic carbocycles. The van der Waals surface area contributed by atoms with Crippen LogP contribution in [0, 0.1) is 6.92 Å². The van der Waals surface area contributed by atoms with Gasteiger partial charge in [-0.15, -0.1) is 0 Å². The molecule has 142 valence electrons. The second kappa shape index (κ2) is 9.87. The van der Waals surface area contributed by atoms with Crippen molar-refractivity contribution in [3.05, 3.63) is 69.2 Å². The van der Waals surface area contributed by atoms with Gasteiger partial charge in [-0.25, -0.2) is 0 Å². The van der Waals surface area contributed by atoms with Gasteiger partial charge in [0.2, 0.25) is 0 Å². The minimum absolute atomic E-state index is 0.191. The van der Waals surface area contributed by atoms with Crippen LogP contribution in [0.4, 0.5) is 0 Å². The molecule has 1 N–H and O–H groups in total. The zero-order chi connectivity index (χ0) is 19.8. The van der Waals surface area contributed by atoms with Gasteiger partial charge >= 0.3 is 0 Å². The van der Waals surface area contributed by atoms with Gasteiger partial charge in [0.1, 0.15) is 13.7 Å². The van der Waals surface area contributed by atoms with Crippen molar-refractivity contribution in [1.82, 2.24) is 5.32 Å². The molecule has 0 fully saturated rings. The third kappa shape index (κ3) is 5.40. The lowest BCUT2D eigenvalue weighted by Gasteiger charge is -2.13. The van der Waals surface area contributed by atoms with Crippen LogP contribution < -0.4 is 5.32 Å². The average Bonchev–Trinajstić information content (AvgIpc) is 2.67. The number of oxime groups is 2. The predicted molar refractivity (Wildman–Crippen MR) is 110 cm³/mol. The summed E-state index contributed by atoms with van der Waals surface area (Å²) in [5.74, 6) is -0.335. The van der Waals surface area contributed by atoms with E-state index in [0.717, 1.165) is 26.9 Å². The van der Waals surface area contributed by atoms with Crippen molar-refractivity contribution < 1.29 is 14.5 Å². The first-order valence-electron chi connectivity index (χ1n) is 8.32. The van der Waals surface area contributed by atoms with E-state index in [1.54, 1.807) is 7.05 Å². The van der Waals surface area contributed by atoms with Gasteiger partial charge in [-0.2, -0.15) is 0 Å². The van der Waals surface area contributed by atoms with Gasteiger partial charge in [-0.05, 0) is 37.1 Å². The molecule has 0 unspecified atom stereocenters. The standard InChI is InChI=1S/C20H22BrN3O3/c1-13-6-5-7-17(19(24-26-4)20(25)22-3)18(13)12-27-23-14(2)15-8-10-16(21)11-9-15/h5-11H,12H2,1-4H3,(H,22,25)/b23-14+,24-19+.